The second-order valence-electron chi connectivity index (χ2n) is 4.16. The monoisotopic (exact) mass is 302 g/mol. The van der Waals surface area contributed by atoms with Crippen LogP contribution in [0.5, 0.6) is 0 Å². The van der Waals surface area contributed by atoms with Crippen LogP contribution in [0.1, 0.15) is 25.7 Å². The highest BCUT2D eigenvalue weighted by Gasteiger charge is 2.25. The first kappa shape index (κ1) is 12.2. The summed E-state index contributed by atoms with van der Waals surface area (Å²) in [7, 11) is 0. The van der Waals surface area contributed by atoms with Crippen molar-refractivity contribution >= 4 is 33.3 Å². The molecule has 0 amide bonds. The molecule has 0 aliphatic heterocycles. The summed E-state index contributed by atoms with van der Waals surface area (Å²) in [5.74, 6) is 1.80. The van der Waals surface area contributed by atoms with Crippen molar-refractivity contribution in [2.45, 2.75) is 31.7 Å². The molecule has 16 heavy (non-hydrogen) atoms. The van der Waals surface area contributed by atoms with Crippen LogP contribution < -0.4 is 4.90 Å². The van der Waals surface area contributed by atoms with Crippen LogP contribution in [0.15, 0.2) is 22.8 Å². The highest BCUT2D eigenvalue weighted by molar-refractivity contribution is 9.10. The lowest BCUT2D eigenvalue weighted by atomic mass is 9.91. The topological polar surface area (TPSA) is 16.1 Å². The van der Waals surface area contributed by atoms with Crippen molar-refractivity contribution in [3.63, 3.8) is 0 Å². The van der Waals surface area contributed by atoms with E-state index in [2.05, 4.69) is 37.9 Å². The largest absolute Gasteiger partial charge is 0.354 e. The number of hydrogen-bond acceptors (Lipinski definition) is 2. The molecule has 1 saturated carbocycles. The molecule has 0 N–H and O–H groups in total. The highest BCUT2D eigenvalue weighted by atomic mass is 79.9. The van der Waals surface area contributed by atoms with Crippen molar-refractivity contribution in [1.29, 1.82) is 0 Å². The van der Waals surface area contributed by atoms with Crippen LogP contribution in [-0.2, 0) is 0 Å². The fourth-order valence-corrected chi connectivity index (χ4v) is 2.30. The van der Waals surface area contributed by atoms with Crippen molar-refractivity contribution in [2.75, 3.05) is 17.3 Å². The molecule has 0 aromatic carbocycles. The fourth-order valence-electron chi connectivity index (χ4n) is 1.95. The summed E-state index contributed by atoms with van der Waals surface area (Å²) in [6.45, 7) is 1.02. The number of pyridine rings is 1. The molecule has 88 valence electrons. The van der Waals surface area contributed by atoms with E-state index in [9.17, 15) is 0 Å². The van der Waals surface area contributed by atoms with Gasteiger partial charge >= 0.3 is 0 Å². The van der Waals surface area contributed by atoms with E-state index in [0.29, 0.717) is 6.04 Å². The summed E-state index contributed by atoms with van der Waals surface area (Å²) in [6.07, 6.45) is 6.82. The van der Waals surface area contributed by atoms with E-state index in [1.807, 2.05) is 6.20 Å². The summed E-state index contributed by atoms with van der Waals surface area (Å²) >= 11 is 9.18. The number of rotatable bonds is 5. The zero-order valence-electron chi connectivity index (χ0n) is 9.20. The molecule has 0 bridgehead atoms. The molecule has 0 atom stereocenters. The van der Waals surface area contributed by atoms with Crippen molar-refractivity contribution < 1.29 is 0 Å². The molecule has 2 nitrogen and oxygen atoms in total. The van der Waals surface area contributed by atoms with E-state index < -0.39 is 0 Å². The van der Waals surface area contributed by atoms with Crippen LogP contribution >= 0.6 is 27.5 Å². The first-order valence-corrected chi connectivity index (χ1v) is 7.08. The summed E-state index contributed by atoms with van der Waals surface area (Å²) in [6, 6.07) is 4.81. The van der Waals surface area contributed by atoms with Gasteiger partial charge in [0.1, 0.15) is 5.82 Å². The van der Waals surface area contributed by atoms with Gasteiger partial charge in [0.25, 0.3) is 0 Å². The normalized spacial score (nSPS) is 15.9. The number of aromatic nitrogens is 1. The molecule has 1 aromatic rings. The van der Waals surface area contributed by atoms with Gasteiger partial charge in [-0.25, -0.2) is 4.98 Å². The van der Waals surface area contributed by atoms with Crippen LogP contribution in [0.4, 0.5) is 5.82 Å². The fraction of sp³-hybridized carbons (Fsp3) is 0.583. The molecule has 0 spiro atoms. The first-order valence-electron chi connectivity index (χ1n) is 5.75. The minimum Gasteiger partial charge on any atom is -0.354 e. The van der Waals surface area contributed by atoms with Gasteiger partial charge in [0, 0.05) is 29.1 Å². The predicted molar refractivity (Wildman–Crippen MR) is 72.3 cm³/mol. The van der Waals surface area contributed by atoms with E-state index >= 15 is 0 Å². The van der Waals surface area contributed by atoms with Gasteiger partial charge in [-0.3, -0.25) is 0 Å². The molecular formula is C12H16BrClN2. The van der Waals surface area contributed by atoms with Gasteiger partial charge in [-0.2, -0.15) is 0 Å². The van der Waals surface area contributed by atoms with Gasteiger partial charge < -0.3 is 4.90 Å². The Morgan fingerprint density at radius 2 is 2.25 bits per heavy atom. The van der Waals surface area contributed by atoms with Crippen LogP contribution in [0.2, 0.25) is 0 Å². The van der Waals surface area contributed by atoms with E-state index in [1.165, 1.54) is 19.3 Å². The quantitative estimate of drug-likeness (QED) is 0.769. The SMILES string of the molecule is ClCCCN(c1ccc(Br)cn1)C1CCC1. The van der Waals surface area contributed by atoms with Gasteiger partial charge in [-0.15, -0.1) is 11.6 Å². The lowest BCUT2D eigenvalue weighted by molar-refractivity contribution is 0.384. The molecular weight excluding hydrogens is 288 g/mol. The van der Waals surface area contributed by atoms with Crippen molar-refractivity contribution in [1.82, 2.24) is 4.98 Å². The Bertz CT molecular complexity index is 324. The minimum atomic E-state index is 0.678. The minimum absolute atomic E-state index is 0.678. The summed E-state index contributed by atoms with van der Waals surface area (Å²) < 4.78 is 1.03. The number of halogens is 2. The molecule has 0 unspecified atom stereocenters. The second kappa shape index (κ2) is 5.87. The number of hydrogen-bond donors (Lipinski definition) is 0. The summed E-state index contributed by atoms with van der Waals surface area (Å²) in [5, 5.41) is 0. The van der Waals surface area contributed by atoms with Crippen molar-refractivity contribution in [3.05, 3.63) is 22.8 Å². The number of alkyl halides is 1. The predicted octanol–water partition coefficient (Wildman–Crippen LogP) is 3.83. The lowest BCUT2D eigenvalue weighted by Gasteiger charge is -2.38. The second-order valence-corrected chi connectivity index (χ2v) is 5.45. The first-order chi connectivity index (χ1) is 7.81. The average Bonchev–Trinajstić information content (AvgIpc) is 2.23. The van der Waals surface area contributed by atoms with E-state index in [4.69, 9.17) is 11.6 Å². The van der Waals surface area contributed by atoms with Gasteiger partial charge in [0.2, 0.25) is 0 Å². The number of anilines is 1. The molecule has 1 heterocycles. The molecule has 0 saturated heterocycles. The summed E-state index contributed by atoms with van der Waals surface area (Å²) in [4.78, 5) is 6.87. The molecule has 4 heteroatoms. The summed E-state index contributed by atoms with van der Waals surface area (Å²) in [5.41, 5.74) is 0. The molecule has 2 rings (SSSR count). The highest BCUT2D eigenvalue weighted by Crippen LogP contribution is 2.29. The standard InChI is InChI=1S/C12H16BrClN2/c13-10-5-6-12(15-9-10)16(8-2-7-14)11-3-1-4-11/h5-6,9,11H,1-4,7-8H2. The Kier molecular flexibility index (Phi) is 4.47. The maximum Gasteiger partial charge on any atom is 0.128 e. The third-order valence-electron chi connectivity index (χ3n) is 3.05. The van der Waals surface area contributed by atoms with Crippen molar-refractivity contribution in [3.8, 4) is 0 Å². The van der Waals surface area contributed by atoms with Crippen LogP contribution in [0.25, 0.3) is 0 Å². The van der Waals surface area contributed by atoms with E-state index in [0.717, 1.165) is 29.1 Å². The van der Waals surface area contributed by atoms with Gasteiger partial charge in [0.15, 0.2) is 0 Å². The smallest absolute Gasteiger partial charge is 0.128 e. The van der Waals surface area contributed by atoms with E-state index in [-0.39, 0.29) is 0 Å². The van der Waals surface area contributed by atoms with Crippen LogP contribution in [0, 0.1) is 0 Å². The maximum absolute atomic E-state index is 5.77. The Balaban J connectivity index is 2.07. The molecule has 1 aliphatic rings. The van der Waals surface area contributed by atoms with Gasteiger partial charge in [-0.05, 0) is 53.7 Å². The van der Waals surface area contributed by atoms with Crippen LogP contribution in [0.3, 0.4) is 0 Å². The van der Waals surface area contributed by atoms with Gasteiger partial charge in [-0.1, -0.05) is 0 Å². The molecule has 1 aromatic heterocycles. The third kappa shape index (κ3) is 2.89. The Hall–Kier alpha value is -0.280. The van der Waals surface area contributed by atoms with Crippen LogP contribution in [-0.4, -0.2) is 23.5 Å². The molecule has 1 aliphatic carbocycles. The lowest BCUT2D eigenvalue weighted by Crippen LogP contribution is -2.41. The Labute approximate surface area is 110 Å². The molecule has 1 fully saturated rings. The van der Waals surface area contributed by atoms with Gasteiger partial charge in [0.05, 0.1) is 0 Å². The van der Waals surface area contributed by atoms with E-state index in [1.54, 1.807) is 0 Å². The average molecular weight is 304 g/mol. The Morgan fingerprint density at radius 1 is 1.44 bits per heavy atom. The Morgan fingerprint density at radius 3 is 2.75 bits per heavy atom. The van der Waals surface area contributed by atoms with Crippen molar-refractivity contribution in [2.24, 2.45) is 0 Å². The number of nitrogens with zero attached hydrogens (tertiary/aromatic N) is 2. The zero-order valence-corrected chi connectivity index (χ0v) is 11.5. The molecule has 0 radical (unpaired) electrons. The maximum atomic E-state index is 5.77. The third-order valence-corrected chi connectivity index (χ3v) is 3.79. The zero-order chi connectivity index (χ0) is 11.4.